The highest BCUT2D eigenvalue weighted by Crippen LogP contribution is 2.17. The van der Waals surface area contributed by atoms with Crippen molar-refractivity contribution in [2.24, 2.45) is 11.8 Å². The Kier molecular flexibility index (Phi) is 28.8. The summed E-state index contributed by atoms with van der Waals surface area (Å²) in [5.74, 6) is 0.828. The minimum absolute atomic E-state index is 0.193. The molecular formula is C35H70O12. The van der Waals surface area contributed by atoms with Crippen molar-refractivity contribution in [1.29, 1.82) is 0 Å². The minimum Gasteiger partial charge on any atom is -0.432 e. The molecule has 0 radical (unpaired) electrons. The van der Waals surface area contributed by atoms with Gasteiger partial charge >= 0.3 is 18.5 Å². The van der Waals surface area contributed by atoms with Gasteiger partial charge in [0.1, 0.15) is 16.8 Å². The van der Waals surface area contributed by atoms with Gasteiger partial charge in [0.15, 0.2) is 0 Å². The van der Waals surface area contributed by atoms with E-state index in [1.54, 1.807) is 55.4 Å². The Morgan fingerprint density at radius 3 is 1.21 bits per heavy atom. The van der Waals surface area contributed by atoms with Gasteiger partial charge in [-0.05, 0) is 100 Å². The predicted molar refractivity (Wildman–Crippen MR) is 181 cm³/mol. The summed E-state index contributed by atoms with van der Waals surface area (Å²) in [5, 5.41) is 0. The molecule has 0 aliphatic carbocycles. The van der Waals surface area contributed by atoms with Gasteiger partial charge in [-0.1, -0.05) is 73.1 Å². The van der Waals surface area contributed by atoms with E-state index in [4.69, 9.17) is 24.1 Å². The number of ether oxygens (including phenoxy) is 3. The average Bonchev–Trinajstić information content (AvgIpc) is 2.98. The zero-order valence-corrected chi connectivity index (χ0v) is 32.4. The van der Waals surface area contributed by atoms with E-state index < -0.39 is 35.3 Å². The highest BCUT2D eigenvalue weighted by atomic mass is 17.2. The Bertz CT molecular complexity index is 784. The van der Waals surface area contributed by atoms with Gasteiger partial charge in [-0.25, -0.2) is 14.4 Å². The van der Waals surface area contributed by atoms with Crippen molar-refractivity contribution < 1.29 is 57.9 Å². The van der Waals surface area contributed by atoms with Crippen LogP contribution in [0.1, 0.15) is 162 Å². The molecular weight excluding hydrogens is 612 g/mol. The molecule has 0 aromatic rings. The van der Waals surface area contributed by atoms with Crippen molar-refractivity contribution in [2.75, 3.05) is 13.2 Å². The summed E-state index contributed by atoms with van der Waals surface area (Å²) < 4.78 is 14.7. The highest BCUT2D eigenvalue weighted by molar-refractivity contribution is 5.59. The number of carbonyl (C=O) groups excluding carboxylic acids is 3. The molecule has 0 aliphatic heterocycles. The fourth-order valence-corrected chi connectivity index (χ4v) is 2.95. The van der Waals surface area contributed by atoms with Crippen LogP contribution in [-0.2, 0) is 43.5 Å². The second kappa shape index (κ2) is 27.6. The second-order valence-corrected chi connectivity index (χ2v) is 14.2. The molecule has 0 saturated carbocycles. The fourth-order valence-electron chi connectivity index (χ4n) is 2.95. The van der Waals surface area contributed by atoms with Crippen LogP contribution >= 0.6 is 0 Å². The molecule has 0 aromatic carbocycles. The van der Waals surface area contributed by atoms with Gasteiger partial charge in [0.05, 0.1) is 19.3 Å². The van der Waals surface area contributed by atoms with Crippen LogP contribution in [0.25, 0.3) is 0 Å². The van der Waals surface area contributed by atoms with Crippen LogP contribution in [0.15, 0.2) is 0 Å². The van der Waals surface area contributed by atoms with Crippen molar-refractivity contribution >= 4 is 18.5 Å². The van der Waals surface area contributed by atoms with E-state index in [1.165, 1.54) is 0 Å². The molecule has 12 nitrogen and oxygen atoms in total. The summed E-state index contributed by atoms with van der Waals surface area (Å²) in [6.45, 7) is 29.2. The predicted octanol–water partition coefficient (Wildman–Crippen LogP) is 10.8. The monoisotopic (exact) mass is 682 g/mol. The largest absolute Gasteiger partial charge is 0.540 e. The van der Waals surface area contributed by atoms with Crippen molar-refractivity contribution in [3.63, 3.8) is 0 Å². The number of carbonyl (C=O) groups is 3. The standard InChI is InChI=1S/C14H28O4.C13H26O4.C8H16O4/c1-6-9-10-12(7-2)11-16-13(15)17-18-14(4,5)8-3;1-6-8-9-11(7-2)10-15-12(14)16-17-13(3,4)5;1-6(2)10-7(9)11-12-8(3,4)5/h12H,6-11H2,1-5H3;11H,6-10H2,1-5H3;6H,1-5H3. The molecule has 12 heteroatoms. The van der Waals surface area contributed by atoms with E-state index >= 15 is 0 Å². The van der Waals surface area contributed by atoms with Gasteiger partial charge in [0.25, 0.3) is 0 Å². The van der Waals surface area contributed by atoms with Gasteiger partial charge in [0.2, 0.25) is 0 Å². The summed E-state index contributed by atoms with van der Waals surface area (Å²) >= 11 is 0. The fraction of sp³-hybridized carbons (Fsp3) is 0.914. The molecule has 0 bridgehead atoms. The van der Waals surface area contributed by atoms with Gasteiger partial charge in [-0.15, -0.1) is 0 Å². The minimum atomic E-state index is -0.806. The molecule has 0 N–H and O–H groups in total. The summed E-state index contributed by atoms with van der Waals surface area (Å²) in [5.41, 5.74) is -1.48. The molecule has 2 unspecified atom stereocenters. The van der Waals surface area contributed by atoms with E-state index in [0.29, 0.717) is 25.0 Å². The lowest BCUT2D eigenvalue weighted by Crippen LogP contribution is -2.26. The third-order valence-electron chi connectivity index (χ3n) is 6.20. The lowest BCUT2D eigenvalue weighted by atomic mass is 10.0. The molecule has 0 rings (SSSR count). The Hall–Kier alpha value is -2.31. The van der Waals surface area contributed by atoms with Crippen LogP contribution in [0.4, 0.5) is 14.4 Å². The van der Waals surface area contributed by atoms with Gasteiger partial charge in [-0.3, -0.25) is 14.7 Å². The Balaban J connectivity index is -0.000000631. The van der Waals surface area contributed by atoms with Crippen molar-refractivity contribution in [3.05, 3.63) is 0 Å². The number of rotatable bonds is 18. The maximum atomic E-state index is 11.3. The van der Waals surface area contributed by atoms with Gasteiger partial charge in [0, 0.05) is 0 Å². The van der Waals surface area contributed by atoms with Gasteiger partial charge in [-0.2, -0.15) is 14.7 Å². The Morgan fingerprint density at radius 1 is 0.553 bits per heavy atom. The SMILES string of the molecule is CC(C)OC(=O)OOC(C)(C)C.CCCCC(CC)COC(=O)OOC(C)(C)C.CCCCC(CC)COC(=O)OOC(C)(C)CC. The topological polar surface area (TPSA) is 134 Å². The van der Waals surface area contributed by atoms with E-state index in [9.17, 15) is 14.4 Å². The lowest BCUT2D eigenvalue weighted by molar-refractivity contribution is -0.318. The molecule has 0 amide bonds. The maximum absolute atomic E-state index is 11.3. The summed E-state index contributed by atoms with van der Waals surface area (Å²) in [6, 6.07) is 0. The summed E-state index contributed by atoms with van der Waals surface area (Å²) in [4.78, 5) is 61.4. The van der Waals surface area contributed by atoms with Gasteiger partial charge < -0.3 is 14.2 Å². The third kappa shape index (κ3) is 38.0. The van der Waals surface area contributed by atoms with Crippen LogP contribution < -0.4 is 0 Å². The lowest BCUT2D eigenvalue weighted by Gasteiger charge is -2.20. The Labute approximate surface area is 285 Å². The second-order valence-electron chi connectivity index (χ2n) is 14.2. The summed E-state index contributed by atoms with van der Waals surface area (Å²) in [7, 11) is 0. The van der Waals surface area contributed by atoms with Crippen LogP contribution in [0.2, 0.25) is 0 Å². The maximum Gasteiger partial charge on any atom is 0.540 e. The van der Waals surface area contributed by atoms with Crippen molar-refractivity contribution in [3.8, 4) is 0 Å². The number of hydrogen-bond acceptors (Lipinski definition) is 12. The van der Waals surface area contributed by atoms with E-state index in [2.05, 4.69) is 47.1 Å². The molecule has 0 fully saturated rings. The first-order valence-corrected chi connectivity index (χ1v) is 17.3. The van der Waals surface area contributed by atoms with Crippen LogP contribution in [-0.4, -0.2) is 54.6 Å². The first kappa shape index (κ1) is 49.1. The third-order valence-corrected chi connectivity index (χ3v) is 6.20. The summed E-state index contributed by atoms with van der Waals surface area (Å²) in [6.07, 6.45) is 7.09. The highest BCUT2D eigenvalue weighted by Gasteiger charge is 2.21. The molecule has 282 valence electrons. The van der Waals surface area contributed by atoms with E-state index in [1.807, 2.05) is 20.8 Å². The zero-order valence-electron chi connectivity index (χ0n) is 32.4. The van der Waals surface area contributed by atoms with E-state index in [0.717, 1.165) is 57.8 Å². The number of hydrogen-bond donors (Lipinski definition) is 0. The molecule has 0 saturated heterocycles. The Morgan fingerprint density at radius 2 is 0.915 bits per heavy atom. The van der Waals surface area contributed by atoms with Crippen LogP contribution in [0.3, 0.4) is 0 Å². The van der Waals surface area contributed by atoms with Crippen LogP contribution in [0.5, 0.6) is 0 Å². The first-order chi connectivity index (χ1) is 21.6. The van der Waals surface area contributed by atoms with Crippen molar-refractivity contribution in [1.82, 2.24) is 0 Å². The number of unbranched alkanes of at least 4 members (excludes halogenated alkanes) is 2. The molecule has 0 aromatic heterocycles. The molecule has 0 heterocycles. The molecule has 0 aliphatic rings. The smallest absolute Gasteiger partial charge is 0.432 e. The first-order valence-electron chi connectivity index (χ1n) is 17.3. The molecule has 0 spiro atoms. The molecule has 47 heavy (non-hydrogen) atoms. The average molecular weight is 683 g/mol. The quantitative estimate of drug-likeness (QED) is 0.0589. The van der Waals surface area contributed by atoms with Crippen molar-refractivity contribution in [2.45, 2.75) is 185 Å². The van der Waals surface area contributed by atoms with Crippen LogP contribution in [0, 0.1) is 11.8 Å². The normalized spacial score (nSPS) is 12.8. The molecule has 2 atom stereocenters. The van der Waals surface area contributed by atoms with E-state index in [-0.39, 0.29) is 6.10 Å². The zero-order chi connectivity index (χ0) is 37.1.